The summed E-state index contributed by atoms with van der Waals surface area (Å²) in [4.78, 5) is 16.9. The molecule has 1 amide bonds. The maximum atomic E-state index is 12.2. The third kappa shape index (κ3) is 3.67. The Hall–Kier alpha value is -2.44. The number of amides is 1. The lowest BCUT2D eigenvalue weighted by atomic mass is 10.2. The van der Waals surface area contributed by atoms with Crippen LogP contribution in [-0.2, 0) is 6.54 Å². The summed E-state index contributed by atoms with van der Waals surface area (Å²) in [5, 5.41) is 13.5. The summed E-state index contributed by atoms with van der Waals surface area (Å²) >= 11 is 7.54. The van der Waals surface area contributed by atoms with Crippen molar-refractivity contribution >= 4 is 28.8 Å². The van der Waals surface area contributed by atoms with Gasteiger partial charge in [-0.15, -0.1) is 11.3 Å². The molecule has 0 aliphatic heterocycles. The van der Waals surface area contributed by atoms with Gasteiger partial charge in [-0.2, -0.15) is 9.72 Å². The summed E-state index contributed by atoms with van der Waals surface area (Å²) < 4.78 is 2.49. The van der Waals surface area contributed by atoms with Crippen molar-refractivity contribution in [1.29, 1.82) is 0 Å². The van der Waals surface area contributed by atoms with E-state index in [1.165, 1.54) is 35.9 Å². The number of halogens is 1. The van der Waals surface area contributed by atoms with Crippen LogP contribution in [0.1, 0.15) is 15.9 Å². The van der Waals surface area contributed by atoms with E-state index in [2.05, 4.69) is 4.99 Å². The lowest BCUT2D eigenvalue weighted by molar-refractivity contribution is -0.605. The first kappa shape index (κ1) is 15.5. The minimum Gasteiger partial charge on any atom is -0.619 e. The average molecular weight is 346 g/mol. The van der Waals surface area contributed by atoms with Crippen LogP contribution in [0.25, 0.3) is 0 Å². The second-order valence-electron chi connectivity index (χ2n) is 4.77. The van der Waals surface area contributed by atoms with E-state index in [0.717, 1.165) is 5.56 Å². The average Bonchev–Trinajstić information content (AvgIpc) is 2.97. The number of pyridine rings is 1. The van der Waals surface area contributed by atoms with Crippen LogP contribution >= 0.6 is 22.9 Å². The SMILES string of the molecule is O=C(N=c1sccn1Cc1ccccc1Cl)c1cc[n+]([O-])cc1. The number of benzene rings is 1. The molecule has 0 aliphatic rings. The molecule has 2 heterocycles. The second kappa shape index (κ2) is 6.76. The van der Waals surface area contributed by atoms with Crippen molar-refractivity contribution in [2.24, 2.45) is 4.99 Å². The number of carbonyl (C=O) groups is 1. The van der Waals surface area contributed by atoms with Gasteiger partial charge in [0.1, 0.15) is 0 Å². The third-order valence-corrected chi connectivity index (χ3v) is 4.37. The maximum absolute atomic E-state index is 12.2. The topological polar surface area (TPSA) is 61.3 Å². The highest BCUT2D eigenvalue weighted by Crippen LogP contribution is 2.15. The quantitative estimate of drug-likeness (QED) is 0.541. The van der Waals surface area contributed by atoms with E-state index < -0.39 is 0 Å². The van der Waals surface area contributed by atoms with Crippen LogP contribution < -0.4 is 9.53 Å². The van der Waals surface area contributed by atoms with Gasteiger partial charge in [0.15, 0.2) is 17.2 Å². The molecule has 0 unspecified atom stereocenters. The fourth-order valence-electron chi connectivity index (χ4n) is 2.02. The van der Waals surface area contributed by atoms with Crippen LogP contribution in [0, 0.1) is 5.21 Å². The number of hydrogen-bond acceptors (Lipinski definition) is 3. The van der Waals surface area contributed by atoms with Crippen LogP contribution in [0.2, 0.25) is 5.02 Å². The summed E-state index contributed by atoms with van der Waals surface area (Å²) in [6.45, 7) is 0.532. The number of hydrogen-bond donors (Lipinski definition) is 0. The number of nitrogens with zero attached hydrogens (tertiary/aromatic N) is 3. The largest absolute Gasteiger partial charge is 0.619 e. The van der Waals surface area contributed by atoms with Gasteiger partial charge in [-0.05, 0) is 11.6 Å². The molecule has 3 rings (SSSR count). The fraction of sp³-hybridized carbons (Fsp3) is 0.0625. The molecule has 0 atom stereocenters. The van der Waals surface area contributed by atoms with E-state index in [0.29, 0.717) is 26.7 Å². The Kier molecular flexibility index (Phi) is 4.55. The monoisotopic (exact) mass is 345 g/mol. The third-order valence-electron chi connectivity index (χ3n) is 3.20. The van der Waals surface area contributed by atoms with Gasteiger partial charge in [-0.1, -0.05) is 29.8 Å². The first-order chi connectivity index (χ1) is 11.1. The Morgan fingerprint density at radius 1 is 1.26 bits per heavy atom. The first-order valence-corrected chi connectivity index (χ1v) is 8.04. The highest BCUT2D eigenvalue weighted by molar-refractivity contribution is 7.07. The number of rotatable bonds is 3. The first-order valence-electron chi connectivity index (χ1n) is 6.79. The van der Waals surface area contributed by atoms with Gasteiger partial charge < -0.3 is 9.77 Å². The van der Waals surface area contributed by atoms with E-state index in [9.17, 15) is 10.0 Å². The van der Waals surface area contributed by atoms with Crippen LogP contribution in [0.5, 0.6) is 0 Å². The minimum absolute atomic E-state index is 0.370. The number of carbonyl (C=O) groups excluding carboxylic acids is 1. The summed E-state index contributed by atoms with van der Waals surface area (Å²) in [6, 6.07) is 10.4. The van der Waals surface area contributed by atoms with Gasteiger partial charge >= 0.3 is 0 Å². The number of thiazole rings is 1. The van der Waals surface area contributed by atoms with Crippen molar-refractivity contribution in [2.45, 2.75) is 6.54 Å². The Morgan fingerprint density at radius 3 is 2.74 bits per heavy atom. The molecule has 116 valence electrons. The normalized spacial score (nSPS) is 11.6. The molecule has 1 aromatic carbocycles. The van der Waals surface area contributed by atoms with Gasteiger partial charge in [0.25, 0.3) is 5.91 Å². The zero-order valence-electron chi connectivity index (χ0n) is 11.9. The van der Waals surface area contributed by atoms with E-state index in [-0.39, 0.29) is 5.91 Å². The van der Waals surface area contributed by atoms with Gasteiger partial charge in [-0.3, -0.25) is 4.79 Å². The zero-order valence-corrected chi connectivity index (χ0v) is 13.5. The van der Waals surface area contributed by atoms with Crippen molar-refractivity contribution in [2.75, 3.05) is 0 Å². The van der Waals surface area contributed by atoms with Gasteiger partial charge in [0.2, 0.25) is 0 Å². The minimum atomic E-state index is -0.388. The summed E-state index contributed by atoms with van der Waals surface area (Å²) in [6.07, 6.45) is 4.40. The standard InChI is InChI=1S/C16H12ClN3O2S/c17-14-4-2-1-3-13(14)11-19-9-10-23-16(19)18-15(21)12-5-7-20(22)8-6-12/h1-10H,11H2. The molecule has 0 bridgehead atoms. The molecule has 7 heteroatoms. The predicted molar refractivity (Wildman–Crippen MR) is 88.2 cm³/mol. The lowest BCUT2D eigenvalue weighted by Gasteiger charge is -2.05. The molecule has 5 nitrogen and oxygen atoms in total. The molecule has 0 saturated carbocycles. The van der Waals surface area contributed by atoms with Gasteiger partial charge in [-0.25, -0.2) is 0 Å². The number of aromatic nitrogens is 2. The van der Waals surface area contributed by atoms with E-state index in [4.69, 9.17) is 11.6 Å². The van der Waals surface area contributed by atoms with Gasteiger partial charge in [0.05, 0.1) is 12.1 Å². The van der Waals surface area contributed by atoms with E-state index >= 15 is 0 Å². The lowest BCUT2D eigenvalue weighted by Crippen LogP contribution is -2.24. The molecule has 0 fully saturated rings. The van der Waals surface area contributed by atoms with Crippen LogP contribution in [0.15, 0.2) is 65.4 Å². The molecular weight excluding hydrogens is 334 g/mol. The summed E-state index contributed by atoms with van der Waals surface area (Å²) in [5.74, 6) is -0.388. The summed E-state index contributed by atoms with van der Waals surface area (Å²) in [7, 11) is 0. The Balaban J connectivity index is 1.90. The molecule has 0 spiro atoms. The molecule has 0 N–H and O–H groups in total. The van der Waals surface area contributed by atoms with Crippen LogP contribution in [-0.4, -0.2) is 10.5 Å². The highest BCUT2D eigenvalue weighted by Gasteiger charge is 2.07. The highest BCUT2D eigenvalue weighted by atomic mass is 35.5. The molecule has 0 aliphatic carbocycles. The Bertz CT molecular complexity index is 900. The molecule has 3 aromatic rings. The van der Waals surface area contributed by atoms with Crippen molar-refractivity contribution < 1.29 is 9.52 Å². The molecule has 0 radical (unpaired) electrons. The predicted octanol–water partition coefficient (Wildman–Crippen LogP) is 2.63. The molecule has 0 saturated heterocycles. The van der Waals surface area contributed by atoms with Crippen LogP contribution in [0.4, 0.5) is 0 Å². The summed E-state index contributed by atoms with van der Waals surface area (Å²) in [5.41, 5.74) is 1.32. The fourth-order valence-corrected chi connectivity index (χ4v) is 2.95. The van der Waals surface area contributed by atoms with E-state index in [1.807, 2.05) is 40.4 Å². The zero-order chi connectivity index (χ0) is 16.2. The van der Waals surface area contributed by atoms with Crippen molar-refractivity contribution in [1.82, 2.24) is 4.57 Å². The Morgan fingerprint density at radius 2 is 2.00 bits per heavy atom. The molecular formula is C16H12ClN3O2S. The molecule has 23 heavy (non-hydrogen) atoms. The Labute approximate surface area is 141 Å². The molecule has 2 aromatic heterocycles. The van der Waals surface area contributed by atoms with E-state index in [1.54, 1.807) is 0 Å². The van der Waals surface area contributed by atoms with Crippen molar-refractivity contribution in [3.05, 3.63) is 86.5 Å². The van der Waals surface area contributed by atoms with Gasteiger partial charge in [0, 0.05) is 28.7 Å². The van der Waals surface area contributed by atoms with Crippen molar-refractivity contribution in [3.63, 3.8) is 0 Å². The van der Waals surface area contributed by atoms with Crippen LogP contribution in [0.3, 0.4) is 0 Å². The van der Waals surface area contributed by atoms with Crippen molar-refractivity contribution in [3.8, 4) is 0 Å². The maximum Gasteiger partial charge on any atom is 0.280 e. The second-order valence-corrected chi connectivity index (χ2v) is 6.05. The smallest absolute Gasteiger partial charge is 0.280 e.